The number of methoxy groups -OCH3 is 3. The van der Waals surface area contributed by atoms with Gasteiger partial charge in [-0.3, -0.25) is 14.4 Å². The van der Waals surface area contributed by atoms with E-state index in [1.807, 2.05) is 58.1 Å². The van der Waals surface area contributed by atoms with Crippen LogP contribution in [0.1, 0.15) is 167 Å². The highest BCUT2D eigenvalue weighted by molar-refractivity contribution is 6.74. The van der Waals surface area contributed by atoms with Crippen LogP contribution in [0.25, 0.3) is 0 Å². The number of nitrogens with zero attached hydrogens (tertiary/aromatic N) is 1. The predicted molar refractivity (Wildman–Crippen MR) is 318 cm³/mol. The zero-order valence-electron chi connectivity index (χ0n) is 51.9. The minimum atomic E-state index is -2.41. The molecule has 2 bridgehead atoms. The topological polar surface area (TPSA) is 177 Å². The van der Waals surface area contributed by atoms with Crippen molar-refractivity contribution in [2.75, 3.05) is 27.9 Å². The van der Waals surface area contributed by atoms with Crippen LogP contribution in [-0.4, -0.2) is 144 Å². The molecule has 0 aromatic rings. The molecular weight excluding hydrogens is 1030 g/mol. The third-order valence-corrected chi connectivity index (χ3v) is 28.5. The Hall–Kier alpha value is -2.65. The molecule has 0 aromatic heterocycles. The highest BCUT2D eigenvalue weighted by atomic mass is 28.4. The highest BCUT2D eigenvalue weighted by Crippen LogP contribution is 2.40. The molecule has 2 saturated heterocycles. The lowest BCUT2D eigenvalue weighted by Gasteiger charge is -2.43. The summed E-state index contributed by atoms with van der Waals surface area (Å²) < 4.78 is 45.4. The number of rotatable bonds is 16. The van der Waals surface area contributed by atoms with Gasteiger partial charge in [0.1, 0.15) is 18.2 Å². The number of piperidine rings is 1. The fourth-order valence-corrected chi connectivity index (χ4v) is 18.9. The summed E-state index contributed by atoms with van der Waals surface area (Å²) in [6.07, 6.45) is 14.3. The van der Waals surface area contributed by atoms with Crippen molar-refractivity contribution in [1.29, 1.82) is 0 Å². The van der Waals surface area contributed by atoms with E-state index in [9.17, 15) is 29.4 Å². The van der Waals surface area contributed by atoms with Gasteiger partial charge in [-0.15, -0.1) is 0 Å². The molecule has 1 amide bonds. The van der Waals surface area contributed by atoms with E-state index in [2.05, 4.69) is 61.5 Å². The van der Waals surface area contributed by atoms with Crippen LogP contribution in [-0.2, 0) is 51.7 Å². The number of cyclic esters (lactones) is 1. The summed E-state index contributed by atoms with van der Waals surface area (Å²) in [5.74, 6) is -6.57. The van der Waals surface area contributed by atoms with Crippen molar-refractivity contribution in [3.05, 3.63) is 47.6 Å². The molecule has 14 nitrogen and oxygen atoms in total. The van der Waals surface area contributed by atoms with E-state index in [-0.39, 0.29) is 61.0 Å². The number of esters is 1. The van der Waals surface area contributed by atoms with Crippen molar-refractivity contribution in [1.82, 2.24) is 4.90 Å². The second kappa shape index (κ2) is 32.4. The molecular formula is C63H109NO13Si2. The van der Waals surface area contributed by atoms with Crippen molar-refractivity contribution in [2.24, 2.45) is 35.5 Å². The number of hydrogen-bond acceptors (Lipinski definition) is 13. The van der Waals surface area contributed by atoms with Crippen molar-refractivity contribution < 1.29 is 61.9 Å². The van der Waals surface area contributed by atoms with Gasteiger partial charge in [-0.2, -0.15) is 0 Å². The lowest BCUT2D eigenvalue weighted by molar-refractivity contribution is -0.265. The van der Waals surface area contributed by atoms with E-state index in [0.717, 1.165) is 66.7 Å². The van der Waals surface area contributed by atoms with E-state index >= 15 is 0 Å². The van der Waals surface area contributed by atoms with Crippen LogP contribution in [0, 0.1) is 35.5 Å². The minimum Gasteiger partial charge on any atom is -0.460 e. The number of hydrogen-bond donors (Lipinski definition) is 2. The van der Waals surface area contributed by atoms with Crippen LogP contribution in [0.3, 0.4) is 0 Å². The fourth-order valence-electron chi connectivity index (χ4n) is 13.1. The van der Waals surface area contributed by atoms with Gasteiger partial charge >= 0.3 is 5.97 Å². The van der Waals surface area contributed by atoms with Crippen molar-refractivity contribution in [2.45, 2.75) is 264 Å². The number of allylic oxidation sites excluding steroid dienone is 5. The second-order valence-corrected chi connectivity index (χ2v) is 33.9. The van der Waals surface area contributed by atoms with Crippen molar-refractivity contribution >= 4 is 40.1 Å². The maximum atomic E-state index is 14.9. The summed E-state index contributed by atoms with van der Waals surface area (Å²) >= 11 is 0. The van der Waals surface area contributed by atoms with Crippen LogP contribution < -0.4 is 0 Å². The SMILES string of the molecule is CC[Si](CC)(CC)O[C@@H]1/C(C)=C/[C@@H](C)[C@H](O)C[C@@H]([C@H](C)C[C@@H]2CC[C@@H](O[Si](CC)(CC)CC)[C@H](OC)C2)OC(=O)[C@@H]2CCCCN2C(=O)C(=O)[C@]2(O)O[C@@H](CC[C@H]2C)C[C@H](OC)/C(C)=C/C=C/C=C/[C@@H](C)C[C@@H](C)C(=O)[C@@H]1OC. The summed E-state index contributed by atoms with van der Waals surface area (Å²) in [5, 5.41) is 24.5. The maximum absolute atomic E-state index is 14.9. The lowest BCUT2D eigenvalue weighted by Crippen LogP contribution is -2.61. The molecule has 452 valence electrons. The molecule has 4 aliphatic rings. The molecule has 3 heterocycles. The minimum absolute atomic E-state index is 0.0214. The van der Waals surface area contributed by atoms with Gasteiger partial charge in [-0.1, -0.05) is 113 Å². The average Bonchev–Trinajstić information content (AvgIpc) is 3.45. The average molecular weight is 1140 g/mol. The Morgan fingerprint density at radius 3 is 1.97 bits per heavy atom. The first kappa shape index (κ1) is 68.9. The normalized spacial score (nSPS) is 36.8. The van der Waals surface area contributed by atoms with Gasteiger partial charge in [-0.25, -0.2) is 4.79 Å². The number of ether oxygens (including phenoxy) is 5. The van der Waals surface area contributed by atoms with Crippen molar-refractivity contribution in [3.8, 4) is 0 Å². The Bertz CT molecular complexity index is 2040. The molecule has 0 spiro atoms. The Kier molecular flexibility index (Phi) is 28.3. The zero-order chi connectivity index (χ0) is 58.8. The fraction of sp³-hybridized carbons (Fsp3) is 0.810. The Morgan fingerprint density at radius 2 is 1.37 bits per heavy atom. The summed E-state index contributed by atoms with van der Waals surface area (Å²) in [6, 6.07) is 4.69. The van der Waals surface area contributed by atoms with Gasteiger partial charge < -0.3 is 47.6 Å². The molecule has 3 fully saturated rings. The van der Waals surface area contributed by atoms with Crippen LogP contribution in [0.15, 0.2) is 47.6 Å². The van der Waals surface area contributed by atoms with Gasteiger partial charge in [0.15, 0.2) is 22.4 Å². The summed E-state index contributed by atoms with van der Waals surface area (Å²) in [7, 11) is 0.728. The van der Waals surface area contributed by atoms with Gasteiger partial charge in [0.25, 0.3) is 11.7 Å². The smallest absolute Gasteiger partial charge is 0.329 e. The Balaban J connectivity index is 1.80. The number of ketones is 2. The molecule has 0 radical (unpaired) electrons. The van der Waals surface area contributed by atoms with E-state index in [1.54, 1.807) is 28.3 Å². The van der Waals surface area contributed by atoms with E-state index in [1.165, 1.54) is 4.90 Å². The van der Waals surface area contributed by atoms with Crippen LogP contribution >= 0.6 is 0 Å². The first-order valence-corrected chi connectivity index (χ1v) is 35.9. The number of carbonyl (C=O) groups is 4. The Labute approximate surface area is 479 Å². The third-order valence-electron chi connectivity index (χ3n) is 19.3. The number of fused-ring (bicyclic) bond motifs is 3. The number of Topliss-reactive ketones (excluding diaryl/α,β-unsaturated/α-hetero) is 2. The molecule has 0 unspecified atom stereocenters. The molecule has 2 N–H and O–H groups in total. The van der Waals surface area contributed by atoms with Crippen LogP contribution in [0.5, 0.6) is 0 Å². The molecule has 16 heteroatoms. The van der Waals surface area contributed by atoms with Crippen LogP contribution in [0.4, 0.5) is 0 Å². The zero-order valence-corrected chi connectivity index (χ0v) is 53.9. The number of aliphatic hydroxyl groups excluding tert-OH is 1. The van der Waals surface area contributed by atoms with Crippen molar-refractivity contribution in [3.63, 3.8) is 0 Å². The molecule has 16 atom stereocenters. The predicted octanol–water partition coefficient (Wildman–Crippen LogP) is 12.0. The van der Waals surface area contributed by atoms with E-state index in [0.29, 0.717) is 44.9 Å². The number of amides is 1. The summed E-state index contributed by atoms with van der Waals surface area (Å²) in [4.78, 5) is 59.8. The molecule has 1 aliphatic carbocycles. The Morgan fingerprint density at radius 1 is 0.722 bits per heavy atom. The summed E-state index contributed by atoms with van der Waals surface area (Å²) in [5.41, 5.74) is 1.71. The third kappa shape index (κ3) is 18.2. The second-order valence-electron chi connectivity index (χ2n) is 24.5. The van der Waals surface area contributed by atoms with Gasteiger partial charge in [0, 0.05) is 58.5 Å². The quantitative estimate of drug-likeness (QED) is 0.0647. The van der Waals surface area contributed by atoms with E-state index < -0.39 is 94.6 Å². The lowest BCUT2D eigenvalue weighted by atomic mass is 9.78. The molecule has 3 aliphatic heterocycles. The molecule has 0 aromatic carbocycles. The largest absolute Gasteiger partial charge is 0.460 e. The van der Waals surface area contributed by atoms with Gasteiger partial charge in [-0.05, 0) is 143 Å². The number of carbonyl (C=O) groups excluding carboxylic acids is 4. The maximum Gasteiger partial charge on any atom is 0.329 e. The summed E-state index contributed by atoms with van der Waals surface area (Å²) in [6.45, 7) is 27.1. The first-order valence-electron chi connectivity index (χ1n) is 30.8. The van der Waals surface area contributed by atoms with Gasteiger partial charge in [0.2, 0.25) is 5.79 Å². The van der Waals surface area contributed by atoms with Gasteiger partial charge in [0.05, 0.1) is 36.6 Å². The highest BCUT2D eigenvalue weighted by Gasteiger charge is 2.53. The first-order chi connectivity index (χ1) is 37.5. The molecule has 4 rings (SSSR count). The standard InChI is InChI=1S/C63H109NO13Si2/c1-17-78(18-2,19-3)76-53-34-32-49(39-56(53)72-15)38-45(10)55-41-52(65)44(9)37-47(12)58(77-79(20-4,21-5)22-6)59(73-16)57(66)46(11)36-42(7)28-24-23-25-29-43(8)54(71-14)40-50-33-31-48(13)63(70,75-50)60(67)61(68)64-35-27-26-30-51(64)62(69)74-55/h23-25,28-29,37,42,44-46,48-56,58-59,65,70H,17-22,26-27,30-36,38-41H2,1-16H3/b25-23+,28-24+,43-29+,47-37+/t42-,44-,45-,46-,48-,49+,50+,51+,52-,53-,54+,55+,56-,58-,59+,63-/m1/s1. The monoisotopic (exact) mass is 1140 g/mol. The molecule has 1 saturated carbocycles. The number of aliphatic hydroxyl groups is 2. The van der Waals surface area contributed by atoms with Crippen LogP contribution in [0.2, 0.25) is 36.3 Å². The van der Waals surface area contributed by atoms with E-state index in [4.69, 9.17) is 32.5 Å². The molecule has 79 heavy (non-hydrogen) atoms.